The Kier molecular flexibility index (Phi) is 7.70. The van der Waals surface area contributed by atoms with Gasteiger partial charge in [-0.2, -0.15) is 4.98 Å². The molecule has 0 fully saturated rings. The van der Waals surface area contributed by atoms with Gasteiger partial charge in [0.15, 0.2) is 0 Å². The summed E-state index contributed by atoms with van der Waals surface area (Å²) < 4.78 is 12.8. The Bertz CT molecular complexity index is 1200. The van der Waals surface area contributed by atoms with Crippen molar-refractivity contribution in [3.8, 4) is 11.4 Å². The van der Waals surface area contributed by atoms with Crippen molar-refractivity contribution in [2.45, 2.75) is 39.2 Å². The van der Waals surface area contributed by atoms with Crippen molar-refractivity contribution in [2.24, 2.45) is 0 Å². The van der Waals surface area contributed by atoms with Crippen LogP contribution in [0.2, 0.25) is 5.02 Å². The normalized spacial score (nSPS) is 11.2. The number of nitrogens with zero attached hydrogens (tertiary/aromatic N) is 4. The number of carbonyl (C=O) groups excluding carboxylic acids is 1. The fraction of sp³-hybridized carbons (Fsp3) is 0.333. The molecular weight excluding hydrogens is 442 g/mol. The molecule has 1 N–H and O–H groups in total. The van der Waals surface area contributed by atoms with E-state index in [9.17, 15) is 4.79 Å². The number of para-hydroxylation sites is 2. The van der Waals surface area contributed by atoms with Gasteiger partial charge in [0, 0.05) is 43.2 Å². The van der Waals surface area contributed by atoms with Gasteiger partial charge in [-0.3, -0.25) is 10.1 Å². The molecule has 0 aliphatic carbocycles. The van der Waals surface area contributed by atoms with Crippen LogP contribution in [0.25, 0.3) is 22.4 Å². The molecule has 4 aromatic rings. The molecular formula is C24H26ClN5O3. The zero-order chi connectivity index (χ0) is 23.0. The first-order valence-corrected chi connectivity index (χ1v) is 11.4. The van der Waals surface area contributed by atoms with Gasteiger partial charge < -0.3 is 13.8 Å². The van der Waals surface area contributed by atoms with Crippen LogP contribution in [0.3, 0.4) is 0 Å². The van der Waals surface area contributed by atoms with E-state index >= 15 is 0 Å². The monoisotopic (exact) mass is 467 g/mol. The summed E-state index contributed by atoms with van der Waals surface area (Å²) in [6.45, 7) is 4.05. The molecule has 172 valence electrons. The molecule has 2 heterocycles. The van der Waals surface area contributed by atoms with Gasteiger partial charge in [0.2, 0.25) is 23.6 Å². The summed E-state index contributed by atoms with van der Waals surface area (Å²) in [5.74, 6) is 1.46. The first kappa shape index (κ1) is 22.9. The minimum absolute atomic E-state index is 0.103. The second kappa shape index (κ2) is 11.1. The Morgan fingerprint density at radius 1 is 1.12 bits per heavy atom. The van der Waals surface area contributed by atoms with E-state index in [1.54, 1.807) is 12.1 Å². The van der Waals surface area contributed by atoms with Crippen LogP contribution < -0.4 is 5.32 Å². The molecule has 4 rings (SSSR count). The lowest BCUT2D eigenvalue weighted by Crippen LogP contribution is -2.16. The summed E-state index contributed by atoms with van der Waals surface area (Å²) in [6, 6.07) is 15.1. The number of imidazole rings is 1. The summed E-state index contributed by atoms with van der Waals surface area (Å²) in [4.78, 5) is 21.6. The van der Waals surface area contributed by atoms with Crippen LogP contribution in [-0.2, 0) is 22.5 Å². The highest BCUT2D eigenvalue weighted by Crippen LogP contribution is 2.21. The van der Waals surface area contributed by atoms with E-state index in [1.165, 1.54) is 0 Å². The number of hydrogen-bond donors (Lipinski definition) is 1. The third-order valence-electron chi connectivity index (χ3n) is 5.15. The van der Waals surface area contributed by atoms with Crippen molar-refractivity contribution in [3.63, 3.8) is 0 Å². The number of rotatable bonds is 11. The minimum atomic E-state index is -0.103. The minimum Gasteiger partial charge on any atom is -0.382 e. The molecule has 0 bridgehead atoms. The molecule has 0 saturated carbocycles. The van der Waals surface area contributed by atoms with Gasteiger partial charge in [0.25, 0.3) is 0 Å². The number of ether oxygens (including phenoxy) is 1. The number of amides is 1. The third kappa shape index (κ3) is 5.97. The number of hydrogen-bond acceptors (Lipinski definition) is 6. The molecule has 0 saturated heterocycles. The van der Waals surface area contributed by atoms with Crippen molar-refractivity contribution in [3.05, 3.63) is 59.4 Å². The summed E-state index contributed by atoms with van der Waals surface area (Å²) in [5.41, 5.74) is 2.67. The molecule has 1 amide bonds. The molecule has 2 aromatic heterocycles. The number of halogens is 1. The van der Waals surface area contributed by atoms with Crippen LogP contribution in [0.4, 0.5) is 5.95 Å². The maximum Gasteiger partial charge on any atom is 0.226 e. The standard InChI is InChI=1S/C24H26ClN5O3/c1-2-32-16-6-15-30-20-8-4-3-7-19(20)26-24(30)27-21(31)9-5-10-22-28-23(29-33-22)17-11-13-18(25)14-12-17/h3-4,7-8,11-14H,2,5-6,9-10,15-16H2,1H3,(H,26,27,31). The van der Waals surface area contributed by atoms with Gasteiger partial charge in [0.05, 0.1) is 11.0 Å². The zero-order valence-corrected chi connectivity index (χ0v) is 19.2. The second-order valence-corrected chi connectivity index (χ2v) is 7.98. The topological polar surface area (TPSA) is 95.1 Å². The fourth-order valence-electron chi connectivity index (χ4n) is 3.53. The predicted octanol–water partition coefficient (Wildman–Crippen LogP) is 5.13. The fourth-order valence-corrected chi connectivity index (χ4v) is 3.65. The summed E-state index contributed by atoms with van der Waals surface area (Å²) in [5, 5.41) is 7.61. The predicted molar refractivity (Wildman–Crippen MR) is 127 cm³/mol. The van der Waals surface area contributed by atoms with Gasteiger partial charge in [-0.25, -0.2) is 4.98 Å². The molecule has 33 heavy (non-hydrogen) atoms. The van der Waals surface area contributed by atoms with Crippen LogP contribution in [0.5, 0.6) is 0 Å². The number of aryl methyl sites for hydroxylation is 2. The summed E-state index contributed by atoms with van der Waals surface area (Å²) in [6.07, 6.45) is 2.25. The number of benzene rings is 2. The Morgan fingerprint density at radius 3 is 2.76 bits per heavy atom. The zero-order valence-electron chi connectivity index (χ0n) is 18.5. The Labute approximate surface area is 196 Å². The average Bonchev–Trinajstić information content (AvgIpc) is 3.42. The second-order valence-electron chi connectivity index (χ2n) is 7.55. The first-order chi connectivity index (χ1) is 16.1. The van der Waals surface area contributed by atoms with Crippen LogP contribution >= 0.6 is 11.6 Å². The smallest absolute Gasteiger partial charge is 0.226 e. The third-order valence-corrected chi connectivity index (χ3v) is 5.40. The molecule has 2 aromatic carbocycles. The van der Waals surface area contributed by atoms with Crippen LogP contribution in [0, 0.1) is 0 Å². The average molecular weight is 468 g/mol. The first-order valence-electron chi connectivity index (χ1n) is 11.1. The number of carbonyl (C=O) groups is 1. The van der Waals surface area contributed by atoms with E-state index in [-0.39, 0.29) is 5.91 Å². The highest BCUT2D eigenvalue weighted by Gasteiger charge is 2.14. The van der Waals surface area contributed by atoms with Crippen LogP contribution in [0.15, 0.2) is 53.1 Å². The summed E-state index contributed by atoms with van der Waals surface area (Å²) >= 11 is 5.92. The number of nitrogens with one attached hydrogen (secondary N) is 1. The lowest BCUT2D eigenvalue weighted by atomic mass is 10.2. The number of anilines is 1. The highest BCUT2D eigenvalue weighted by molar-refractivity contribution is 6.30. The van der Waals surface area contributed by atoms with Crippen LogP contribution in [0.1, 0.15) is 32.1 Å². The quantitative estimate of drug-likeness (QED) is 0.307. The molecule has 0 aliphatic heterocycles. The molecule has 0 aliphatic rings. The molecule has 0 spiro atoms. The Hall–Kier alpha value is -3.23. The molecule has 8 nitrogen and oxygen atoms in total. The maximum absolute atomic E-state index is 12.6. The van der Waals surface area contributed by atoms with E-state index < -0.39 is 0 Å². The maximum atomic E-state index is 12.6. The molecule has 0 unspecified atom stereocenters. The Balaban J connectivity index is 1.33. The van der Waals surface area contributed by atoms with E-state index in [2.05, 4.69) is 20.4 Å². The van der Waals surface area contributed by atoms with E-state index in [0.717, 1.165) is 23.0 Å². The van der Waals surface area contributed by atoms with E-state index in [4.69, 9.17) is 20.9 Å². The SMILES string of the molecule is CCOCCCn1c(NC(=O)CCCc2nc(-c3ccc(Cl)cc3)no2)nc2ccccc21. The van der Waals surface area contributed by atoms with Gasteiger partial charge in [-0.15, -0.1) is 0 Å². The largest absolute Gasteiger partial charge is 0.382 e. The van der Waals surface area contributed by atoms with E-state index in [1.807, 2.05) is 47.9 Å². The molecule has 0 atom stereocenters. The van der Waals surface area contributed by atoms with Gasteiger partial charge in [0.1, 0.15) is 0 Å². The number of aromatic nitrogens is 4. The van der Waals surface area contributed by atoms with Gasteiger partial charge >= 0.3 is 0 Å². The van der Waals surface area contributed by atoms with Crippen molar-refractivity contribution >= 4 is 34.5 Å². The van der Waals surface area contributed by atoms with Crippen molar-refractivity contribution in [1.29, 1.82) is 0 Å². The lowest BCUT2D eigenvalue weighted by molar-refractivity contribution is -0.116. The summed E-state index contributed by atoms with van der Waals surface area (Å²) in [7, 11) is 0. The highest BCUT2D eigenvalue weighted by atomic mass is 35.5. The molecule has 0 radical (unpaired) electrons. The van der Waals surface area contributed by atoms with Crippen molar-refractivity contribution in [2.75, 3.05) is 18.5 Å². The van der Waals surface area contributed by atoms with Gasteiger partial charge in [-0.05, 0) is 56.2 Å². The Morgan fingerprint density at radius 2 is 1.94 bits per heavy atom. The molecule has 9 heteroatoms. The van der Waals surface area contributed by atoms with Crippen LogP contribution in [-0.4, -0.2) is 38.8 Å². The van der Waals surface area contributed by atoms with Crippen molar-refractivity contribution < 1.29 is 14.1 Å². The van der Waals surface area contributed by atoms with E-state index in [0.29, 0.717) is 61.7 Å². The van der Waals surface area contributed by atoms with Crippen molar-refractivity contribution in [1.82, 2.24) is 19.7 Å². The number of fused-ring (bicyclic) bond motifs is 1. The van der Waals surface area contributed by atoms with Gasteiger partial charge in [-0.1, -0.05) is 28.9 Å². The lowest BCUT2D eigenvalue weighted by Gasteiger charge is -2.10.